The van der Waals surface area contributed by atoms with Gasteiger partial charge in [0.05, 0.1) is 48.6 Å². The minimum atomic E-state index is -1.28. The molecule has 5 unspecified atom stereocenters. The SMILES string of the molecule is C=C(NC(=O)C1CCCN1C(=O)C1=NC(c2csc(-c3ccc(-c4nc(C(=O)NC(CC(N)=O)c5nc(C(=O)NCC(C)C)cs5)cs4)c(-c4csc(-c5csc(C(Cc6ccccc6)NC(=O)CNC(=O)c6cscn6)n5)n4)n3)n2)OC1)C(=O)NC(C)C(=O)O. The van der Waals surface area contributed by atoms with E-state index in [1.165, 1.54) is 62.7 Å². The molecule has 9 N–H and O–H groups in total. The number of carbonyl (C=O) groups excluding carboxylic acids is 8. The number of pyridine rings is 1. The van der Waals surface area contributed by atoms with E-state index in [4.69, 9.17) is 40.5 Å². The third kappa shape index (κ3) is 16.0. The molecule has 27 nitrogen and oxygen atoms in total. The number of benzene rings is 1. The number of rotatable bonds is 26. The zero-order chi connectivity index (χ0) is 64.5. The summed E-state index contributed by atoms with van der Waals surface area (Å²) in [6.07, 6.45) is -0.137. The number of likely N-dealkylation sites (tertiary alicyclic amines) is 1. The Kier molecular flexibility index (Phi) is 20.7. The third-order valence-corrected chi connectivity index (χ3v) is 18.9. The minimum Gasteiger partial charge on any atom is -0.480 e. The van der Waals surface area contributed by atoms with Crippen LogP contribution in [0, 0.1) is 5.92 Å². The molecule has 1 fully saturated rings. The van der Waals surface area contributed by atoms with Crippen molar-refractivity contribution in [3.8, 4) is 43.4 Å². The molecule has 8 aromatic rings. The van der Waals surface area contributed by atoms with Gasteiger partial charge in [0.25, 0.3) is 29.5 Å². The van der Waals surface area contributed by atoms with E-state index in [-0.39, 0.29) is 66.9 Å². The number of nitrogens with two attached hydrogens (primary N) is 1. The Morgan fingerprint density at radius 3 is 2.20 bits per heavy atom. The maximum absolute atomic E-state index is 14.0. The predicted octanol–water partition coefficient (Wildman–Crippen LogP) is 5.73. The first-order valence-electron chi connectivity index (χ1n) is 27.9. The summed E-state index contributed by atoms with van der Waals surface area (Å²) in [4.78, 5) is 155. The maximum Gasteiger partial charge on any atom is 0.325 e. The summed E-state index contributed by atoms with van der Waals surface area (Å²) in [6, 6.07) is 9.31. The maximum atomic E-state index is 14.0. The lowest BCUT2D eigenvalue weighted by molar-refractivity contribution is -0.140. The monoisotopic (exact) mass is 1340 g/mol. The molecule has 7 aromatic heterocycles. The highest BCUT2D eigenvalue weighted by Gasteiger charge is 2.39. The number of aromatic nitrogens is 7. The number of hydrogen-bond acceptors (Lipinski definition) is 24. The van der Waals surface area contributed by atoms with Crippen LogP contribution in [0.5, 0.6) is 0 Å². The van der Waals surface area contributed by atoms with E-state index in [2.05, 4.69) is 53.4 Å². The number of carbonyl (C=O) groups is 9. The highest BCUT2D eigenvalue weighted by Crippen LogP contribution is 2.39. The number of thiazole rings is 6. The quantitative estimate of drug-likeness (QED) is 0.0300. The number of carboxylic acid groups (broad SMARTS) is 1. The molecular formula is C58H56N16O11S6. The topological polar surface area (TPSA) is 387 Å². The van der Waals surface area contributed by atoms with E-state index in [0.717, 1.165) is 28.2 Å². The predicted molar refractivity (Wildman–Crippen MR) is 341 cm³/mol. The van der Waals surface area contributed by atoms with Crippen LogP contribution >= 0.6 is 68.0 Å². The van der Waals surface area contributed by atoms with Gasteiger partial charge in [-0.05, 0) is 49.8 Å². The van der Waals surface area contributed by atoms with Gasteiger partial charge in [0.15, 0.2) is 6.23 Å². The second-order valence-corrected chi connectivity index (χ2v) is 26.0. The largest absolute Gasteiger partial charge is 0.480 e. The second-order valence-electron chi connectivity index (χ2n) is 21.0. The molecule has 91 heavy (non-hydrogen) atoms. The number of nitrogens with zero attached hydrogens (tertiary/aromatic N) is 9. The number of amides is 8. The molecule has 5 atom stereocenters. The smallest absolute Gasteiger partial charge is 0.325 e. The van der Waals surface area contributed by atoms with Crippen molar-refractivity contribution in [2.75, 3.05) is 26.2 Å². The Hall–Kier alpha value is -9.25. The summed E-state index contributed by atoms with van der Waals surface area (Å²) in [5.41, 5.74) is 10.7. The van der Waals surface area contributed by atoms with E-state index < -0.39 is 83.6 Å². The summed E-state index contributed by atoms with van der Waals surface area (Å²) in [7, 11) is 0. The molecule has 0 saturated carbocycles. The van der Waals surface area contributed by atoms with Crippen molar-refractivity contribution in [1.29, 1.82) is 0 Å². The number of hydrogen-bond donors (Lipinski definition) is 8. The van der Waals surface area contributed by atoms with Crippen LogP contribution in [-0.2, 0) is 39.9 Å². The van der Waals surface area contributed by atoms with Crippen LogP contribution in [0.15, 0.2) is 97.5 Å². The number of aliphatic carboxylic acids is 1. The number of carboxylic acids is 1. The Bertz CT molecular complexity index is 4100. The summed E-state index contributed by atoms with van der Waals surface area (Å²) >= 11 is 7.37. The molecule has 2 aliphatic rings. The van der Waals surface area contributed by atoms with E-state index in [0.29, 0.717) is 78.5 Å². The van der Waals surface area contributed by atoms with E-state index in [1.54, 1.807) is 39.0 Å². The highest BCUT2D eigenvalue weighted by atomic mass is 32.1. The molecule has 9 heterocycles. The van der Waals surface area contributed by atoms with Crippen LogP contribution in [-0.4, -0.2) is 142 Å². The fourth-order valence-corrected chi connectivity index (χ4v) is 13.9. The molecule has 2 aliphatic heterocycles. The number of primary amides is 1. The van der Waals surface area contributed by atoms with Gasteiger partial charge in [-0.3, -0.25) is 43.2 Å². The average molecular weight is 1350 g/mol. The van der Waals surface area contributed by atoms with Crippen LogP contribution in [0.25, 0.3) is 43.4 Å². The highest BCUT2D eigenvalue weighted by molar-refractivity contribution is 7.15. The van der Waals surface area contributed by atoms with Gasteiger partial charge in [-0.1, -0.05) is 50.8 Å². The summed E-state index contributed by atoms with van der Waals surface area (Å²) in [5, 5.41) is 37.3. The van der Waals surface area contributed by atoms with Gasteiger partial charge in [0.1, 0.15) is 82.7 Å². The molecule has 0 aliphatic carbocycles. The normalized spacial score (nSPS) is 15.5. The van der Waals surface area contributed by atoms with Gasteiger partial charge in [-0.15, -0.1) is 68.0 Å². The van der Waals surface area contributed by atoms with Crippen molar-refractivity contribution >= 4 is 127 Å². The first-order valence-corrected chi connectivity index (χ1v) is 33.3. The van der Waals surface area contributed by atoms with Gasteiger partial charge in [0.2, 0.25) is 17.7 Å². The first-order chi connectivity index (χ1) is 43.7. The number of ether oxygens (including phenoxy) is 1. The van der Waals surface area contributed by atoms with Crippen molar-refractivity contribution in [3.05, 3.63) is 131 Å². The Labute approximate surface area is 542 Å². The zero-order valence-corrected chi connectivity index (χ0v) is 53.4. The number of nitrogens with one attached hydrogen (secondary N) is 6. The van der Waals surface area contributed by atoms with Crippen LogP contribution < -0.4 is 37.6 Å². The van der Waals surface area contributed by atoms with E-state index >= 15 is 0 Å². The molecular weight excluding hydrogens is 1290 g/mol. The van der Waals surface area contributed by atoms with Crippen molar-refractivity contribution in [1.82, 2.24) is 71.7 Å². The Balaban J connectivity index is 0.909. The summed E-state index contributed by atoms with van der Waals surface area (Å²) < 4.78 is 5.98. The zero-order valence-electron chi connectivity index (χ0n) is 48.5. The van der Waals surface area contributed by atoms with Gasteiger partial charge < -0.3 is 52.4 Å². The van der Waals surface area contributed by atoms with Gasteiger partial charge in [-0.2, -0.15) is 0 Å². The standard InChI is InChI=1S/C58H56N16O11S6/c1-27(2)17-60-48(79)38-22-89-55(71-38)34(16-43(59)75)67-49(80)39-23-87-52(70-39)31-12-13-32(53-72-40(24-90-53)51-68-35(19-85-51)57(82)74-14-8-11-42(74)50(81)63-28(3)46(77)64-29(4)58(83)84)66-45(31)36-21-88-56(69-36)41-25-91-54(73-41)33(15-30-9-6-5-7-10-30)65-44(76)18-61-47(78)37-20-86-26-62-37/h5-7,9-10,12-13,20-27,29,33-34,42,51H,3,8,11,14-19H2,1-2,4H3,(H2,59,75)(H,60,79)(H,61,78)(H,63,81)(H,64,77)(H,65,76)(H,67,80)(H,83,84). The molecule has 33 heteroatoms. The van der Waals surface area contributed by atoms with Crippen LogP contribution in [0.3, 0.4) is 0 Å². The lowest BCUT2D eigenvalue weighted by Crippen LogP contribution is -2.50. The Morgan fingerprint density at radius 1 is 0.725 bits per heavy atom. The van der Waals surface area contributed by atoms with Crippen LogP contribution in [0.4, 0.5) is 0 Å². The van der Waals surface area contributed by atoms with Crippen molar-refractivity contribution in [3.63, 3.8) is 0 Å². The fourth-order valence-electron chi connectivity index (χ4n) is 9.18. The Morgan fingerprint density at radius 2 is 1.44 bits per heavy atom. The van der Waals surface area contributed by atoms with Crippen LogP contribution in [0.1, 0.15) is 111 Å². The fraction of sp³-hybridized carbons (Fsp3) is 0.293. The molecule has 1 saturated heterocycles. The van der Waals surface area contributed by atoms with E-state index in [1.807, 2.05) is 49.6 Å². The molecule has 0 spiro atoms. The molecule has 1 aromatic carbocycles. The lowest BCUT2D eigenvalue weighted by atomic mass is 10.1. The summed E-state index contributed by atoms with van der Waals surface area (Å²) in [5.74, 6) is -5.84. The van der Waals surface area contributed by atoms with Crippen LogP contribution in [0.2, 0.25) is 0 Å². The molecule has 0 bridgehead atoms. The third-order valence-electron chi connectivity index (χ3n) is 13.7. The molecule has 0 radical (unpaired) electrons. The van der Waals surface area contributed by atoms with E-state index in [9.17, 15) is 43.2 Å². The van der Waals surface area contributed by atoms with Crippen molar-refractivity contribution < 1.29 is 53.0 Å². The summed E-state index contributed by atoms with van der Waals surface area (Å²) in [6.45, 7) is 8.90. The van der Waals surface area contributed by atoms with Gasteiger partial charge >= 0.3 is 5.97 Å². The average Bonchev–Trinajstić information content (AvgIpc) is 1.72. The lowest BCUT2D eigenvalue weighted by Gasteiger charge is -2.24. The second kappa shape index (κ2) is 29.1. The minimum absolute atomic E-state index is 0.00608. The van der Waals surface area contributed by atoms with Gasteiger partial charge in [0, 0.05) is 50.9 Å². The number of aliphatic imine (C=N–C) groups is 1. The van der Waals surface area contributed by atoms with Crippen molar-refractivity contribution in [2.24, 2.45) is 16.6 Å². The first kappa shape index (κ1) is 64.7. The molecule has 8 amide bonds. The molecule has 10 rings (SSSR count). The molecule has 470 valence electrons. The van der Waals surface area contributed by atoms with Gasteiger partial charge in [-0.25, -0.2) is 39.9 Å². The van der Waals surface area contributed by atoms with Crippen molar-refractivity contribution in [2.45, 2.75) is 76.8 Å².